The van der Waals surface area contributed by atoms with E-state index in [0.717, 1.165) is 31.6 Å². The normalized spacial score (nSPS) is 19.7. The van der Waals surface area contributed by atoms with Gasteiger partial charge in [-0.25, -0.2) is 4.98 Å². The van der Waals surface area contributed by atoms with Crippen molar-refractivity contribution in [3.05, 3.63) is 23.9 Å². The van der Waals surface area contributed by atoms with Crippen LogP contribution in [0.3, 0.4) is 0 Å². The molecule has 1 amide bonds. The number of ether oxygens (including phenoxy) is 1. The van der Waals surface area contributed by atoms with E-state index in [2.05, 4.69) is 10.3 Å². The summed E-state index contributed by atoms with van der Waals surface area (Å²) in [4.78, 5) is 18.2. The summed E-state index contributed by atoms with van der Waals surface area (Å²) >= 11 is 0. The zero-order chi connectivity index (χ0) is 18.7. The third kappa shape index (κ3) is 5.97. The molecule has 1 unspecified atom stereocenters. The van der Waals surface area contributed by atoms with Gasteiger partial charge < -0.3 is 10.1 Å². The zero-order valence-corrected chi connectivity index (χ0v) is 14.7. The molecule has 0 bridgehead atoms. The number of pyridine rings is 1. The van der Waals surface area contributed by atoms with Crippen LogP contribution in [0.25, 0.3) is 0 Å². The third-order valence-electron chi connectivity index (χ3n) is 3.92. The molecule has 1 aliphatic rings. The number of amides is 1. The number of piperidine rings is 1. The fourth-order valence-corrected chi connectivity index (χ4v) is 2.56. The van der Waals surface area contributed by atoms with Crippen LogP contribution in [-0.2, 0) is 15.7 Å². The van der Waals surface area contributed by atoms with Gasteiger partial charge in [0.2, 0.25) is 5.91 Å². The Morgan fingerprint density at radius 2 is 2.04 bits per heavy atom. The Labute approximate surface area is 145 Å². The molecule has 1 atom stereocenters. The van der Waals surface area contributed by atoms with Gasteiger partial charge in [-0.15, -0.1) is 0 Å². The van der Waals surface area contributed by atoms with Crippen LogP contribution in [0.15, 0.2) is 18.3 Å². The minimum atomic E-state index is -4.44. The first-order chi connectivity index (χ1) is 11.6. The second-order valence-corrected chi connectivity index (χ2v) is 7.13. The van der Waals surface area contributed by atoms with E-state index in [1.54, 1.807) is 0 Å². The van der Waals surface area contributed by atoms with Gasteiger partial charge >= 0.3 is 6.18 Å². The predicted molar refractivity (Wildman–Crippen MR) is 87.9 cm³/mol. The van der Waals surface area contributed by atoms with Gasteiger partial charge in [-0.2, -0.15) is 13.2 Å². The van der Waals surface area contributed by atoms with Crippen molar-refractivity contribution in [1.82, 2.24) is 9.88 Å². The van der Waals surface area contributed by atoms with Crippen molar-refractivity contribution in [3.8, 4) is 0 Å². The molecule has 1 N–H and O–H groups in total. The smallest absolute Gasteiger partial charge is 0.360 e. The van der Waals surface area contributed by atoms with Crippen molar-refractivity contribution in [1.29, 1.82) is 0 Å². The molecule has 1 aromatic rings. The molecule has 1 aliphatic heterocycles. The molecule has 1 aromatic heterocycles. The highest BCUT2D eigenvalue weighted by molar-refractivity contribution is 5.94. The van der Waals surface area contributed by atoms with Gasteiger partial charge in [-0.1, -0.05) is 6.42 Å². The minimum Gasteiger partial charge on any atom is -0.360 e. The first-order valence-electron chi connectivity index (χ1n) is 8.28. The highest BCUT2D eigenvalue weighted by Crippen LogP contribution is 2.29. The van der Waals surface area contributed by atoms with Crippen LogP contribution >= 0.6 is 0 Å². The maximum Gasteiger partial charge on any atom is 0.417 e. The molecule has 0 radical (unpaired) electrons. The number of carbonyl (C=O) groups excluding carboxylic acids is 1. The molecule has 2 heterocycles. The van der Waals surface area contributed by atoms with E-state index in [9.17, 15) is 18.0 Å². The standard InChI is InChI=1S/C17H24F3N3O2/c1-16(2,3)25-11-23-9-5-4-6-13(23)15(24)22-14-8-7-12(10-21-14)17(18,19)20/h7-8,10,13H,4-6,9,11H2,1-3H3,(H,21,22,24). The number of aromatic nitrogens is 1. The van der Waals surface area contributed by atoms with Crippen molar-refractivity contribution in [2.45, 2.75) is 57.9 Å². The number of rotatable bonds is 4. The molecule has 140 valence electrons. The van der Waals surface area contributed by atoms with Crippen molar-refractivity contribution >= 4 is 11.7 Å². The summed E-state index contributed by atoms with van der Waals surface area (Å²) in [5.41, 5.74) is -1.16. The fourth-order valence-electron chi connectivity index (χ4n) is 2.56. The van der Waals surface area contributed by atoms with Crippen molar-refractivity contribution < 1.29 is 22.7 Å². The summed E-state index contributed by atoms with van der Waals surface area (Å²) in [6.07, 6.45) is -1.14. The third-order valence-corrected chi connectivity index (χ3v) is 3.92. The van der Waals surface area contributed by atoms with Crippen LogP contribution in [0.4, 0.5) is 19.0 Å². The lowest BCUT2D eigenvalue weighted by Crippen LogP contribution is -2.49. The number of hydrogen-bond donors (Lipinski definition) is 1. The molecule has 0 saturated carbocycles. The van der Waals surface area contributed by atoms with Crippen LogP contribution in [0, 0.1) is 0 Å². The van der Waals surface area contributed by atoms with E-state index in [0.29, 0.717) is 13.2 Å². The number of nitrogens with zero attached hydrogens (tertiary/aromatic N) is 2. The number of nitrogens with one attached hydrogen (secondary N) is 1. The summed E-state index contributed by atoms with van der Waals surface area (Å²) in [5, 5.41) is 2.60. The average molecular weight is 359 g/mol. The summed E-state index contributed by atoms with van der Waals surface area (Å²) in [6.45, 7) is 6.91. The molecule has 1 saturated heterocycles. The van der Waals surface area contributed by atoms with Crippen LogP contribution in [0.5, 0.6) is 0 Å². The summed E-state index contributed by atoms with van der Waals surface area (Å²) < 4.78 is 43.4. The topological polar surface area (TPSA) is 54.5 Å². The molecule has 5 nitrogen and oxygen atoms in total. The maximum absolute atomic E-state index is 12.6. The zero-order valence-electron chi connectivity index (χ0n) is 14.7. The molecule has 0 spiro atoms. The SMILES string of the molecule is CC(C)(C)OCN1CCCCC1C(=O)Nc1ccc(C(F)(F)F)cn1. The van der Waals surface area contributed by atoms with Crippen LogP contribution < -0.4 is 5.32 Å². The molecule has 25 heavy (non-hydrogen) atoms. The quantitative estimate of drug-likeness (QED) is 0.891. The lowest BCUT2D eigenvalue weighted by Gasteiger charge is -2.36. The van der Waals surface area contributed by atoms with Gasteiger partial charge in [-0.05, 0) is 45.7 Å². The Morgan fingerprint density at radius 3 is 2.60 bits per heavy atom. The first-order valence-corrected chi connectivity index (χ1v) is 8.28. The summed E-state index contributed by atoms with van der Waals surface area (Å²) in [5.74, 6) is -0.162. The Bertz CT molecular complexity index is 582. The minimum absolute atomic E-state index is 0.111. The van der Waals surface area contributed by atoms with Gasteiger partial charge in [0, 0.05) is 12.7 Å². The largest absolute Gasteiger partial charge is 0.417 e. The monoisotopic (exact) mass is 359 g/mol. The summed E-state index contributed by atoms with van der Waals surface area (Å²) in [7, 11) is 0. The van der Waals surface area contributed by atoms with Crippen LogP contribution in [0.1, 0.15) is 45.6 Å². The van der Waals surface area contributed by atoms with E-state index in [-0.39, 0.29) is 23.4 Å². The lowest BCUT2D eigenvalue weighted by molar-refractivity contribution is -0.137. The Hall–Kier alpha value is -1.67. The average Bonchev–Trinajstić information content (AvgIpc) is 2.52. The molecular weight excluding hydrogens is 335 g/mol. The second-order valence-electron chi connectivity index (χ2n) is 7.13. The molecular formula is C17H24F3N3O2. The second kappa shape index (κ2) is 7.70. The highest BCUT2D eigenvalue weighted by atomic mass is 19.4. The maximum atomic E-state index is 12.6. The van der Waals surface area contributed by atoms with Crippen LogP contribution in [0.2, 0.25) is 0 Å². The first kappa shape index (κ1) is 19.7. The van der Waals surface area contributed by atoms with E-state index in [1.165, 1.54) is 6.07 Å². The van der Waals surface area contributed by atoms with Gasteiger partial charge in [0.1, 0.15) is 12.5 Å². The van der Waals surface area contributed by atoms with E-state index >= 15 is 0 Å². The Morgan fingerprint density at radius 1 is 1.32 bits per heavy atom. The number of hydrogen-bond acceptors (Lipinski definition) is 4. The van der Waals surface area contributed by atoms with Gasteiger partial charge in [0.05, 0.1) is 17.2 Å². The number of anilines is 1. The van der Waals surface area contributed by atoms with Gasteiger partial charge in [0.15, 0.2) is 0 Å². The molecule has 0 aliphatic carbocycles. The van der Waals surface area contributed by atoms with Crippen molar-refractivity contribution in [2.24, 2.45) is 0 Å². The van der Waals surface area contributed by atoms with Crippen molar-refractivity contribution in [2.75, 3.05) is 18.6 Å². The lowest BCUT2D eigenvalue weighted by atomic mass is 10.0. The molecule has 8 heteroatoms. The number of likely N-dealkylation sites (tertiary alicyclic amines) is 1. The highest BCUT2D eigenvalue weighted by Gasteiger charge is 2.32. The van der Waals surface area contributed by atoms with Gasteiger partial charge in [0.25, 0.3) is 0 Å². The number of carbonyl (C=O) groups is 1. The Kier molecular flexibility index (Phi) is 6.05. The van der Waals surface area contributed by atoms with E-state index in [4.69, 9.17) is 4.74 Å². The van der Waals surface area contributed by atoms with E-state index < -0.39 is 11.7 Å². The van der Waals surface area contributed by atoms with Crippen molar-refractivity contribution in [3.63, 3.8) is 0 Å². The molecule has 0 aromatic carbocycles. The molecule has 2 rings (SSSR count). The summed E-state index contributed by atoms with van der Waals surface area (Å²) in [6, 6.07) is 1.70. The van der Waals surface area contributed by atoms with Gasteiger partial charge in [-0.3, -0.25) is 9.69 Å². The fraction of sp³-hybridized carbons (Fsp3) is 0.647. The number of alkyl halides is 3. The Balaban J connectivity index is 1.99. The van der Waals surface area contributed by atoms with Crippen LogP contribution in [-0.4, -0.2) is 40.7 Å². The number of halogens is 3. The van der Waals surface area contributed by atoms with E-state index in [1.807, 2.05) is 25.7 Å². The predicted octanol–water partition coefficient (Wildman–Crippen LogP) is 3.67. The molecule has 1 fully saturated rings.